The first-order valence-electron chi connectivity index (χ1n) is 6.17. The number of hydrogen-bond acceptors (Lipinski definition) is 2. The third-order valence-electron chi connectivity index (χ3n) is 3.53. The molecule has 0 spiro atoms. The molecule has 0 unspecified atom stereocenters. The molecule has 2 rings (SSSR count). The van der Waals surface area contributed by atoms with Crippen LogP contribution in [0.4, 0.5) is 0 Å². The molecule has 0 saturated heterocycles. The van der Waals surface area contributed by atoms with Gasteiger partial charge in [-0.25, -0.2) is 0 Å². The van der Waals surface area contributed by atoms with Crippen molar-refractivity contribution in [1.82, 2.24) is 0 Å². The van der Waals surface area contributed by atoms with Crippen LogP contribution in [0, 0.1) is 5.92 Å². The Morgan fingerprint density at radius 2 is 1.80 bits per heavy atom. The van der Waals surface area contributed by atoms with Gasteiger partial charge in [0, 0.05) is 0 Å². The van der Waals surface area contributed by atoms with Gasteiger partial charge in [0.05, 0.1) is 12.3 Å². The van der Waals surface area contributed by atoms with E-state index in [2.05, 4.69) is 0 Å². The zero-order chi connectivity index (χ0) is 10.5. The lowest BCUT2D eigenvalue weighted by Crippen LogP contribution is -2.21. The molecule has 84 valence electrons. The van der Waals surface area contributed by atoms with Crippen LogP contribution >= 0.6 is 0 Å². The largest absolute Gasteiger partial charge is 0.468 e. The van der Waals surface area contributed by atoms with Gasteiger partial charge in [0.2, 0.25) is 0 Å². The summed E-state index contributed by atoms with van der Waals surface area (Å²) in [6.45, 7) is 0. The van der Waals surface area contributed by atoms with E-state index in [1.807, 2.05) is 12.1 Å². The molecule has 1 aromatic rings. The Hall–Kier alpha value is -0.760. The molecule has 1 saturated carbocycles. The van der Waals surface area contributed by atoms with Gasteiger partial charge in [-0.2, -0.15) is 0 Å². The third kappa shape index (κ3) is 2.85. The van der Waals surface area contributed by atoms with Crippen LogP contribution in [-0.4, -0.2) is 0 Å². The fourth-order valence-corrected chi connectivity index (χ4v) is 2.56. The molecule has 1 atom stereocenters. The Labute approximate surface area is 91.8 Å². The van der Waals surface area contributed by atoms with E-state index >= 15 is 0 Å². The molecule has 2 nitrogen and oxygen atoms in total. The van der Waals surface area contributed by atoms with Crippen LogP contribution in [0.1, 0.15) is 56.7 Å². The second-order valence-corrected chi connectivity index (χ2v) is 4.65. The highest BCUT2D eigenvalue weighted by molar-refractivity contribution is 5.05. The van der Waals surface area contributed by atoms with Gasteiger partial charge in [0.15, 0.2) is 0 Å². The molecule has 0 aromatic carbocycles. The first kappa shape index (κ1) is 10.7. The molecule has 0 bridgehead atoms. The highest BCUT2D eigenvalue weighted by Crippen LogP contribution is 2.31. The molecule has 1 heterocycles. The topological polar surface area (TPSA) is 39.2 Å². The second kappa shape index (κ2) is 5.36. The lowest BCUT2D eigenvalue weighted by Gasteiger charge is -2.24. The number of rotatable bonds is 2. The van der Waals surface area contributed by atoms with Crippen LogP contribution in [0.5, 0.6) is 0 Å². The summed E-state index contributed by atoms with van der Waals surface area (Å²) in [5, 5.41) is 0. The van der Waals surface area contributed by atoms with Crippen molar-refractivity contribution in [3.63, 3.8) is 0 Å². The van der Waals surface area contributed by atoms with Crippen molar-refractivity contribution in [2.45, 2.75) is 51.0 Å². The molecule has 1 aromatic heterocycles. The van der Waals surface area contributed by atoms with Crippen LogP contribution < -0.4 is 5.73 Å². The molecule has 0 amide bonds. The standard InChI is InChI=1S/C13H21NO/c14-13(12-9-6-10-15-12)11-7-4-2-1-3-5-8-11/h6,9-11,13H,1-5,7-8,14H2/t13-/m1/s1. The predicted octanol–water partition coefficient (Wildman–Crippen LogP) is 3.64. The van der Waals surface area contributed by atoms with Crippen LogP contribution in [0.3, 0.4) is 0 Å². The Kier molecular flexibility index (Phi) is 3.84. The highest BCUT2D eigenvalue weighted by atomic mass is 16.3. The predicted molar refractivity (Wildman–Crippen MR) is 61.4 cm³/mol. The minimum atomic E-state index is 0.109. The molecule has 1 aliphatic carbocycles. The minimum absolute atomic E-state index is 0.109. The van der Waals surface area contributed by atoms with Gasteiger partial charge in [-0.3, -0.25) is 0 Å². The van der Waals surface area contributed by atoms with E-state index in [0.29, 0.717) is 5.92 Å². The molecule has 15 heavy (non-hydrogen) atoms. The smallest absolute Gasteiger partial charge is 0.120 e. The average molecular weight is 207 g/mol. The molecule has 2 heteroatoms. The fourth-order valence-electron chi connectivity index (χ4n) is 2.56. The summed E-state index contributed by atoms with van der Waals surface area (Å²) in [4.78, 5) is 0. The van der Waals surface area contributed by atoms with Crippen molar-refractivity contribution in [2.75, 3.05) is 0 Å². The number of furan rings is 1. The van der Waals surface area contributed by atoms with Crippen molar-refractivity contribution >= 4 is 0 Å². The molecule has 0 radical (unpaired) electrons. The summed E-state index contributed by atoms with van der Waals surface area (Å²) in [6.07, 6.45) is 11.1. The summed E-state index contributed by atoms with van der Waals surface area (Å²) in [5.41, 5.74) is 6.24. The summed E-state index contributed by atoms with van der Waals surface area (Å²) < 4.78 is 5.40. The lowest BCUT2D eigenvalue weighted by atomic mass is 9.85. The zero-order valence-electron chi connectivity index (χ0n) is 9.32. The van der Waals surface area contributed by atoms with E-state index in [9.17, 15) is 0 Å². The Morgan fingerprint density at radius 3 is 2.40 bits per heavy atom. The third-order valence-corrected chi connectivity index (χ3v) is 3.53. The quantitative estimate of drug-likeness (QED) is 0.804. The number of nitrogens with two attached hydrogens (primary N) is 1. The Bertz CT molecular complexity index is 260. The van der Waals surface area contributed by atoms with Gasteiger partial charge in [-0.05, 0) is 30.9 Å². The first-order chi connectivity index (χ1) is 7.38. The van der Waals surface area contributed by atoms with Gasteiger partial charge >= 0.3 is 0 Å². The zero-order valence-corrected chi connectivity index (χ0v) is 9.32. The van der Waals surface area contributed by atoms with E-state index in [4.69, 9.17) is 10.2 Å². The van der Waals surface area contributed by atoms with Gasteiger partial charge in [0.1, 0.15) is 5.76 Å². The molecule has 0 aliphatic heterocycles. The summed E-state index contributed by atoms with van der Waals surface area (Å²) in [5.74, 6) is 1.58. The van der Waals surface area contributed by atoms with Crippen molar-refractivity contribution in [2.24, 2.45) is 11.7 Å². The van der Waals surface area contributed by atoms with E-state index in [1.54, 1.807) is 6.26 Å². The van der Waals surface area contributed by atoms with Crippen LogP contribution in [0.2, 0.25) is 0 Å². The van der Waals surface area contributed by atoms with E-state index in [1.165, 1.54) is 44.9 Å². The average Bonchev–Trinajstić information content (AvgIpc) is 2.68. The maximum Gasteiger partial charge on any atom is 0.120 e. The van der Waals surface area contributed by atoms with E-state index in [0.717, 1.165) is 5.76 Å². The summed E-state index contributed by atoms with van der Waals surface area (Å²) >= 11 is 0. The molecular formula is C13H21NO. The maximum absolute atomic E-state index is 6.24. The van der Waals surface area contributed by atoms with Gasteiger partial charge < -0.3 is 10.2 Å². The van der Waals surface area contributed by atoms with Gasteiger partial charge in [-0.1, -0.05) is 32.1 Å². The van der Waals surface area contributed by atoms with Crippen molar-refractivity contribution in [3.8, 4) is 0 Å². The molecular weight excluding hydrogens is 186 g/mol. The SMILES string of the molecule is N[C@@H](c1ccco1)C1CCCCCCC1. The highest BCUT2D eigenvalue weighted by Gasteiger charge is 2.21. The molecule has 2 N–H and O–H groups in total. The van der Waals surface area contributed by atoms with Crippen molar-refractivity contribution < 1.29 is 4.42 Å². The van der Waals surface area contributed by atoms with Crippen molar-refractivity contribution in [3.05, 3.63) is 24.2 Å². The fraction of sp³-hybridized carbons (Fsp3) is 0.692. The monoisotopic (exact) mass is 207 g/mol. The van der Waals surface area contributed by atoms with Crippen LogP contribution in [-0.2, 0) is 0 Å². The van der Waals surface area contributed by atoms with Gasteiger partial charge in [0.25, 0.3) is 0 Å². The Balaban J connectivity index is 1.95. The van der Waals surface area contributed by atoms with Crippen LogP contribution in [0.25, 0.3) is 0 Å². The second-order valence-electron chi connectivity index (χ2n) is 4.65. The summed E-state index contributed by atoms with van der Waals surface area (Å²) in [7, 11) is 0. The molecule has 1 fully saturated rings. The van der Waals surface area contributed by atoms with Crippen LogP contribution in [0.15, 0.2) is 22.8 Å². The summed E-state index contributed by atoms with van der Waals surface area (Å²) in [6, 6.07) is 4.04. The van der Waals surface area contributed by atoms with Crippen molar-refractivity contribution in [1.29, 1.82) is 0 Å². The number of hydrogen-bond donors (Lipinski definition) is 1. The van der Waals surface area contributed by atoms with E-state index < -0.39 is 0 Å². The van der Waals surface area contributed by atoms with E-state index in [-0.39, 0.29) is 6.04 Å². The van der Waals surface area contributed by atoms with Gasteiger partial charge in [-0.15, -0.1) is 0 Å². The lowest BCUT2D eigenvalue weighted by molar-refractivity contribution is 0.297. The minimum Gasteiger partial charge on any atom is -0.468 e. The first-order valence-corrected chi connectivity index (χ1v) is 6.17. The maximum atomic E-state index is 6.24. The normalized spacial score (nSPS) is 21.9. The Morgan fingerprint density at radius 1 is 1.13 bits per heavy atom. The molecule has 1 aliphatic rings.